The maximum atomic E-state index is 12.4. The molecular formula is C21H21N3O2. The van der Waals surface area contributed by atoms with Gasteiger partial charge in [-0.25, -0.2) is 0 Å². The van der Waals surface area contributed by atoms with Crippen LogP contribution in [-0.2, 0) is 0 Å². The maximum absolute atomic E-state index is 12.4. The monoisotopic (exact) mass is 347 g/mol. The number of aromatic nitrogens is 1. The van der Waals surface area contributed by atoms with Gasteiger partial charge in [0.1, 0.15) is 5.75 Å². The summed E-state index contributed by atoms with van der Waals surface area (Å²) in [5, 5.41) is 0. The molecule has 5 nitrogen and oxygen atoms in total. The van der Waals surface area contributed by atoms with Crippen LogP contribution >= 0.6 is 0 Å². The smallest absolute Gasteiger partial charge is 0.270 e. The van der Waals surface area contributed by atoms with Gasteiger partial charge in [-0.05, 0) is 44.2 Å². The number of ether oxygens (including phenoxy) is 1. The SMILES string of the molecule is COc1cccc(N=Cc2cc(C)n(NC(=O)c3ccccc3)c2C)c1. The first-order valence-corrected chi connectivity index (χ1v) is 8.32. The van der Waals surface area contributed by atoms with Gasteiger partial charge in [0, 0.05) is 34.8 Å². The Morgan fingerprint density at radius 2 is 1.85 bits per heavy atom. The average molecular weight is 347 g/mol. The van der Waals surface area contributed by atoms with E-state index in [-0.39, 0.29) is 5.91 Å². The highest BCUT2D eigenvalue weighted by molar-refractivity contribution is 6.00. The molecule has 3 aromatic rings. The van der Waals surface area contributed by atoms with E-state index >= 15 is 0 Å². The number of nitrogens with one attached hydrogen (secondary N) is 1. The largest absolute Gasteiger partial charge is 0.497 e. The fourth-order valence-electron chi connectivity index (χ4n) is 2.68. The third-order valence-corrected chi connectivity index (χ3v) is 4.13. The van der Waals surface area contributed by atoms with Gasteiger partial charge in [-0.15, -0.1) is 0 Å². The van der Waals surface area contributed by atoms with Crippen LogP contribution in [0.15, 0.2) is 65.7 Å². The molecule has 0 radical (unpaired) electrons. The number of benzene rings is 2. The zero-order valence-corrected chi connectivity index (χ0v) is 15.1. The third-order valence-electron chi connectivity index (χ3n) is 4.13. The Kier molecular flexibility index (Phi) is 5.17. The fourth-order valence-corrected chi connectivity index (χ4v) is 2.68. The molecule has 132 valence electrons. The van der Waals surface area contributed by atoms with Gasteiger partial charge in [0.15, 0.2) is 0 Å². The number of hydrogen-bond donors (Lipinski definition) is 1. The number of carbonyl (C=O) groups excluding carboxylic acids is 1. The molecule has 0 aliphatic rings. The van der Waals surface area contributed by atoms with E-state index in [1.165, 1.54) is 0 Å². The molecule has 3 rings (SSSR count). The molecule has 26 heavy (non-hydrogen) atoms. The number of carbonyl (C=O) groups is 1. The predicted octanol–water partition coefficient (Wildman–Crippen LogP) is 4.25. The number of hydrogen-bond acceptors (Lipinski definition) is 3. The lowest BCUT2D eigenvalue weighted by molar-refractivity contribution is 0.101. The van der Waals surface area contributed by atoms with Gasteiger partial charge < -0.3 is 4.74 Å². The number of aryl methyl sites for hydroxylation is 1. The van der Waals surface area contributed by atoms with Crippen LogP contribution in [0.2, 0.25) is 0 Å². The molecular weight excluding hydrogens is 326 g/mol. The highest BCUT2D eigenvalue weighted by Gasteiger charge is 2.11. The van der Waals surface area contributed by atoms with E-state index in [9.17, 15) is 4.79 Å². The molecule has 0 atom stereocenters. The highest BCUT2D eigenvalue weighted by Crippen LogP contribution is 2.20. The molecule has 2 aromatic carbocycles. The average Bonchev–Trinajstić information content (AvgIpc) is 2.94. The second-order valence-corrected chi connectivity index (χ2v) is 5.93. The van der Waals surface area contributed by atoms with E-state index in [2.05, 4.69) is 10.4 Å². The van der Waals surface area contributed by atoms with E-state index < -0.39 is 0 Å². The molecule has 0 aliphatic heterocycles. The first-order chi connectivity index (χ1) is 12.6. The first-order valence-electron chi connectivity index (χ1n) is 8.32. The van der Waals surface area contributed by atoms with Crippen molar-refractivity contribution in [1.82, 2.24) is 4.68 Å². The molecule has 0 bridgehead atoms. The highest BCUT2D eigenvalue weighted by atomic mass is 16.5. The van der Waals surface area contributed by atoms with E-state index in [4.69, 9.17) is 4.74 Å². The third kappa shape index (κ3) is 3.83. The van der Waals surface area contributed by atoms with Crippen LogP contribution in [0.25, 0.3) is 0 Å². The van der Waals surface area contributed by atoms with E-state index in [0.717, 1.165) is 28.4 Å². The summed E-state index contributed by atoms with van der Waals surface area (Å²) in [6, 6.07) is 18.7. The minimum atomic E-state index is -0.149. The Balaban J connectivity index is 1.81. The molecule has 0 unspecified atom stereocenters. The summed E-state index contributed by atoms with van der Waals surface area (Å²) < 4.78 is 6.99. The molecule has 0 aliphatic carbocycles. The van der Waals surface area contributed by atoms with E-state index in [1.807, 2.05) is 62.4 Å². The van der Waals surface area contributed by atoms with Crippen LogP contribution in [-0.4, -0.2) is 23.9 Å². The summed E-state index contributed by atoms with van der Waals surface area (Å²) >= 11 is 0. The first kappa shape index (κ1) is 17.5. The lowest BCUT2D eigenvalue weighted by Crippen LogP contribution is -2.24. The van der Waals surface area contributed by atoms with Crippen LogP contribution in [0.1, 0.15) is 27.3 Å². The van der Waals surface area contributed by atoms with Gasteiger partial charge in [0.25, 0.3) is 5.91 Å². The normalized spacial score (nSPS) is 10.9. The van der Waals surface area contributed by atoms with E-state index in [1.54, 1.807) is 30.1 Å². The molecule has 5 heteroatoms. The standard InChI is InChI=1S/C21H21N3O2/c1-15-12-18(14-22-19-10-7-11-20(13-19)26-3)16(2)24(15)23-21(25)17-8-5-4-6-9-17/h4-14H,1-3H3,(H,23,25). The number of aliphatic imine (C=N–C) groups is 1. The van der Waals surface area contributed by atoms with Gasteiger partial charge in [-0.1, -0.05) is 24.3 Å². The van der Waals surface area contributed by atoms with Crippen molar-refractivity contribution in [3.05, 3.63) is 83.2 Å². The molecule has 0 saturated carbocycles. The Morgan fingerprint density at radius 1 is 1.08 bits per heavy atom. The topological polar surface area (TPSA) is 55.6 Å². The summed E-state index contributed by atoms with van der Waals surface area (Å²) in [5.74, 6) is 0.615. The van der Waals surface area contributed by atoms with Crippen molar-refractivity contribution in [2.75, 3.05) is 12.5 Å². The number of methoxy groups -OCH3 is 1. The summed E-state index contributed by atoms with van der Waals surface area (Å²) in [7, 11) is 1.63. The number of rotatable bonds is 5. The summed E-state index contributed by atoms with van der Waals surface area (Å²) in [5.41, 5.74) is 7.14. The molecule has 0 saturated heterocycles. The molecule has 0 spiro atoms. The second-order valence-electron chi connectivity index (χ2n) is 5.93. The van der Waals surface area contributed by atoms with Crippen molar-refractivity contribution < 1.29 is 9.53 Å². The van der Waals surface area contributed by atoms with Crippen LogP contribution in [0, 0.1) is 13.8 Å². The zero-order valence-electron chi connectivity index (χ0n) is 15.1. The minimum absolute atomic E-state index is 0.149. The quantitative estimate of drug-likeness (QED) is 0.702. The van der Waals surface area contributed by atoms with Crippen LogP contribution in [0.3, 0.4) is 0 Å². The van der Waals surface area contributed by atoms with Crippen LogP contribution in [0.4, 0.5) is 5.69 Å². The summed E-state index contributed by atoms with van der Waals surface area (Å²) in [6.45, 7) is 3.90. The molecule has 1 amide bonds. The van der Waals surface area contributed by atoms with Gasteiger partial charge in [-0.2, -0.15) is 0 Å². The summed E-state index contributed by atoms with van der Waals surface area (Å²) in [6.07, 6.45) is 1.79. The van der Waals surface area contributed by atoms with Gasteiger partial charge in [0.2, 0.25) is 0 Å². The zero-order chi connectivity index (χ0) is 18.5. The van der Waals surface area contributed by atoms with Crippen molar-refractivity contribution in [2.45, 2.75) is 13.8 Å². The minimum Gasteiger partial charge on any atom is -0.497 e. The maximum Gasteiger partial charge on any atom is 0.270 e. The van der Waals surface area contributed by atoms with Gasteiger partial charge >= 0.3 is 0 Å². The Bertz CT molecular complexity index is 943. The predicted molar refractivity (Wildman–Crippen MR) is 104 cm³/mol. The fraction of sp³-hybridized carbons (Fsp3) is 0.143. The lowest BCUT2D eigenvalue weighted by Gasteiger charge is -2.11. The molecule has 1 heterocycles. The Labute approximate surface area is 152 Å². The lowest BCUT2D eigenvalue weighted by atomic mass is 10.2. The van der Waals surface area contributed by atoms with Crippen molar-refractivity contribution in [2.24, 2.45) is 4.99 Å². The summed E-state index contributed by atoms with van der Waals surface area (Å²) in [4.78, 5) is 16.9. The van der Waals surface area contributed by atoms with Crippen molar-refractivity contribution in [1.29, 1.82) is 0 Å². The molecule has 0 fully saturated rings. The van der Waals surface area contributed by atoms with Crippen molar-refractivity contribution >= 4 is 17.8 Å². The number of nitrogens with zero attached hydrogens (tertiary/aromatic N) is 2. The Hall–Kier alpha value is -3.34. The van der Waals surface area contributed by atoms with E-state index in [0.29, 0.717) is 5.56 Å². The van der Waals surface area contributed by atoms with Crippen LogP contribution in [0.5, 0.6) is 5.75 Å². The Morgan fingerprint density at radius 3 is 2.58 bits per heavy atom. The van der Waals surface area contributed by atoms with Crippen LogP contribution < -0.4 is 10.2 Å². The van der Waals surface area contributed by atoms with Crippen molar-refractivity contribution in [3.8, 4) is 5.75 Å². The molecule has 1 aromatic heterocycles. The van der Waals surface area contributed by atoms with Crippen molar-refractivity contribution in [3.63, 3.8) is 0 Å². The second kappa shape index (κ2) is 7.70. The van der Waals surface area contributed by atoms with Gasteiger partial charge in [-0.3, -0.25) is 19.9 Å². The number of amides is 1. The van der Waals surface area contributed by atoms with Gasteiger partial charge in [0.05, 0.1) is 12.8 Å². The molecule has 1 N–H and O–H groups in total.